The van der Waals surface area contributed by atoms with Crippen molar-refractivity contribution in [1.29, 1.82) is 0 Å². The minimum Gasteiger partial charge on any atom is -0.376 e. The van der Waals surface area contributed by atoms with Crippen molar-refractivity contribution < 1.29 is 4.79 Å². The van der Waals surface area contributed by atoms with E-state index < -0.39 is 0 Å². The summed E-state index contributed by atoms with van der Waals surface area (Å²) in [5, 5.41) is 2.94. The molecule has 14 heavy (non-hydrogen) atoms. The predicted octanol–water partition coefficient (Wildman–Crippen LogP) is 1.71. The molecule has 0 heterocycles. The molecule has 0 aliphatic carbocycles. The third-order valence-electron chi connectivity index (χ3n) is 2.04. The first-order valence-electron chi connectivity index (χ1n) is 4.71. The molecule has 3 heteroatoms. The first kappa shape index (κ1) is 10.6. The van der Waals surface area contributed by atoms with E-state index in [0.717, 1.165) is 5.69 Å². The number of carbonyl (C=O) groups is 1. The number of hydrogen-bond acceptors (Lipinski definition) is 2. The first-order chi connectivity index (χ1) is 6.59. The van der Waals surface area contributed by atoms with Crippen LogP contribution in [0.5, 0.6) is 0 Å². The van der Waals surface area contributed by atoms with Crippen LogP contribution < -0.4 is 11.1 Å². The maximum Gasteiger partial charge on any atom is 0.236 e. The summed E-state index contributed by atoms with van der Waals surface area (Å²) in [6.45, 7) is 4.47. The van der Waals surface area contributed by atoms with Crippen molar-refractivity contribution in [2.75, 3.05) is 11.9 Å². The Bertz CT molecular complexity index is 304. The van der Waals surface area contributed by atoms with Crippen LogP contribution in [0, 0.1) is 0 Å². The van der Waals surface area contributed by atoms with Gasteiger partial charge in [0.1, 0.15) is 0 Å². The first-order valence-corrected chi connectivity index (χ1v) is 4.71. The van der Waals surface area contributed by atoms with Gasteiger partial charge in [0.05, 0.1) is 6.54 Å². The molecule has 0 saturated carbocycles. The number of carbonyl (C=O) groups excluding carboxylic acids is 1. The molecule has 0 radical (unpaired) electrons. The fraction of sp³-hybridized carbons (Fsp3) is 0.364. The smallest absolute Gasteiger partial charge is 0.236 e. The van der Waals surface area contributed by atoms with Crippen molar-refractivity contribution >= 4 is 11.6 Å². The highest BCUT2D eigenvalue weighted by Gasteiger charge is 1.99. The van der Waals surface area contributed by atoms with Gasteiger partial charge in [-0.3, -0.25) is 4.79 Å². The van der Waals surface area contributed by atoms with Crippen LogP contribution in [-0.2, 0) is 4.79 Å². The maximum atomic E-state index is 10.5. The van der Waals surface area contributed by atoms with Crippen molar-refractivity contribution in [3.63, 3.8) is 0 Å². The zero-order valence-electron chi connectivity index (χ0n) is 8.58. The van der Waals surface area contributed by atoms with Gasteiger partial charge in [-0.1, -0.05) is 26.0 Å². The number of benzene rings is 1. The fourth-order valence-electron chi connectivity index (χ4n) is 1.18. The molecule has 76 valence electrons. The fourth-order valence-corrected chi connectivity index (χ4v) is 1.18. The van der Waals surface area contributed by atoms with Crippen molar-refractivity contribution in [3.8, 4) is 0 Å². The van der Waals surface area contributed by atoms with Gasteiger partial charge >= 0.3 is 0 Å². The van der Waals surface area contributed by atoms with Gasteiger partial charge in [0.2, 0.25) is 5.91 Å². The monoisotopic (exact) mass is 192 g/mol. The molecular formula is C11H16N2O. The number of rotatable bonds is 4. The van der Waals surface area contributed by atoms with Gasteiger partial charge in [0.25, 0.3) is 0 Å². The summed E-state index contributed by atoms with van der Waals surface area (Å²) in [5.41, 5.74) is 7.23. The molecule has 0 fully saturated rings. The summed E-state index contributed by atoms with van der Waals surface area (Å²) in [6.07, 6.45) is 0. The van der Waals surface area contributed by atoms with Gasteiger partial charge in [-0.25, -0.2) is 0 Å². The summed E-state index contributed by atoms with van der Waals surface area (Å²) in [6, 6.07) is 8.01. The van der Waals surface area contributed by atoms with Crippen molar-refractivity contribution in [2.24, 2.45) is 5.73 Å². The van der Waals surface area contributed by atoms with E-state index in [0.29, 0.717) is 5.92 Å². The van der Waals surface area contributed by atoms with E-state index in [2.05, 4.69) is 19.2 Å². The van der Waals surface area contributed by atoms with Crippen LogP contribution in [0.3, 0.4) is 0 Å². The molecule has 0 bridgehead atoms. The predicted molar refractivity (Wildman–Crippen MR) is 58.2 cm³/mol. The van der Waals surface area contributed by atoms with Crippen molar-refractivity contribution in [2.45, 2.75) is 19.8 Å². The van der Waals surface area contributed by atoms with Gasteiger partial charge in [0.15, 0.2) is 0 Å². The molecule has 0 atom stereocenters. The number of nitrogens with two attached hydrogens (primary N) is 1. The molecular weight excluding hydrogens is 176 g/mol. The Labute approximate surface area is 84.3 Å². The second-order valence-corrected chi connectivity index (χ2v) is 3.60. The Morgan fingerprint density at radius 1 is 1.36 bits per heavy atom. The van der Waals surface area contributed by atoms with Crippen LogP contribution in [0.1, 0.15) is 25.3 Å². The molecule has 3 nitrogen and oxygen atoms in total. The summed E-state index contributed by atoms with van der Waals surface area (Å²) in [7, 11) is 0. The van der Waals surface area contributed by atoms with Crippen molar-refractivity contribution in [1.82, 2.24) is 0 Å². The highest BCUT2D eigenvalue weighted by atomic mass is 16.1. The lowest BCUT2D eigenvalue weighted by molar-refractivity contribution is -0.116. The molecule has 3 N–H and O–H groups in total. The minimum atomic E-state index is -0.349. The molecule has 0 aliphatic rings. The molecule has 1 rings (SSSR count). The molecule has 0 saturated heterocycles. The van der Waals surface area contributed by atoms with E-state index in [1.165, 1.54) is 5.56 Å². The number of hydrogen-bond donors (Lipinski definition) is 2. The number of nitrogens with one attached hydrogen (secondary N) is 1. The van der Waals surface area contributed by atoms with Crippen LogP contribution in [0.2, 0.25) is 0 Å². The Hall–Kier alpha value is -1.51. The summed E-state index contributed by atoms with van der Waals surface area (Å²) >= 11 is 0. The SMILES string of the molecule is CC(C)c1ccc(NCC(N)=O)cc1. The lowest BCUT2D eigenvalue weighted by Crippen LogP contribution is -2.21. The van der Waals surface area contributed by atoms with E-state index in [1.54, 1.807) is 0 Å². The third kappa shape index (κ3) is 3.09. The summed E-state index contributed by atoms with van der Waals surface area (Å²) in [5.74, 6) is 0.179. The van der Waals surface area contributed by atoms with Gasteiger partial charge in [-0.2, -0.15) is 0 Å². The van der Waals surface area contributed by atoms with Gasteiger partial charge in [-0.05, 0) is 23.6 Å². The molecule has 0 aliphatic heterocycles. The number of anilines is 1. The Kier molecular flexibility index (Phi) is 3.51. The zero-order chi connectivity index (χ0) is 10.6. The van der Waals surface area contributed by atoms with Crippen LogP contribution in [0.4, 0.5) is 5.69 Å². The van der Waals surface area contributed by atoms with Crippen LogP contribution in [0.15, 0.2) is 24.3 Å². The largest absolute Gasteiger partial charge is 0.376 e. The molecule has 0 unspecified atom stereocenters. The highest BCUT2D eigenvalue weighted by molar-refractivity contribution is 5.78. The van der Waals surface area contributed by atoms with E-state index in [-0.39, 0.29) is 12.5 Å². The number of primary amides is 1. The van der Waals surface area contributed by atoms with Gasteiger partial charge in [-0.15, -0.1) is 0 Å². The van der Waals surface area contributed by atoms with E-state index >= 15 is 0 Å². The quantitative estimate of drug-likeness (QED) is 0.763. The van der Waals surface area contributed by atoms with E-state index in [9.17, 15) is 4.79 Å². The number of amides is 1. The Morgan fingerprint density at radius 2 is 1.93 bits per heavy atom. The molecule has 1 amide bonds. The third-order valence-corrected chi connectivity index (χ3v) is 2.04. The lowest BCUT2D eigenvalue weighted by Gasteiger charge is -2.07. The molecule has 1 aromatic rings. The average Bonchev–Trinajstić information content (AvgIpc) is 2.15. The van der Waals surface area contributed by atoms with Crippen LogP contribution >= 0.6 is 0 Å². The molecule has 0 spiro atoms. The normalized spacial score (nSPS) is 10.2. The Morgan fingerprint density at radius 3 is 2.36 bits per heavy atom. The van der Waals surface area contributed by atoms with Crippen molar-refractivity contribution in [3.05, 3.63) is 29.8 Å². The summed E-state index contributed by atoms with van der Waals surface area (Å²) < 4.78 is 0. The zero-order valence-corrected chi connectivity index (χ0v) is 8.58. The van der Waals surface area contributed by atoms with Gasteiger partial charge < -0.3 is 11.1 Å². The van der Waals surface area contributed by atoms with Crippen LogP contribution in [0.25, 0.3) is 0 Å². The minimum absolute atomic E-state index is 0.182. The average molecular weight is 192 g/mol. The van der Waals surface area contributed by atoms with Gasteiger partial charge in [0, 0.05) is 5.69 Å². The molecule has 0 aromatic heterocycles. The topological polar surface area (TPSA) is 55.1 Å². The summed E-state index contributed by atoms with van der Waals surface area (Å²) in [4.78, 5) is 10.5. The lowest BCUT2D eigenvalue weighted by atomic mass is 10.0. The molecule has 1 aromatic carbocycles. The second kappa shape index (κ2) is 4.65. The second-order valence-electron chi connectivity index (χ2n) is 3.60. The van der Waals surface area contributed by atoms with E-state index in [1.807, 2.05) is 24.3 Å². The standard InChI is InChI=1S/C11H16N2O/c1-8(2)9-3-5-10(6-4-9)13-7-11(12)14/h3-6,8,13H,7H2,1-2H3,(H2,12,14). The Balaban J connectivity index is 2.59. The maximum absolute atomic E-state index is 10.5. The highest BCUT2D eigenvalue weighted by Crippen LogP contribution is 2.16. The van der Waals surface area contributed by atoms with E-state index in [4.69, 9.17) is 5.73 Å². The van der Waals surface area contributed by atoms with Crippen LogP contribution in [-0.4, -0.2) is 12.5 Å².